The fourth-order valence-electron chi connectivity index (χ4n) is 2.31. The van der Waals surface area contributed by atoms with Crippen molar-refractivity contribution in [3.63, 3.8) is 0 Å². The molecular weight excluding hydrogens is 332 g/mol. The standard InChI is InChI=1S/C17H21ClN2O2S/c1-11-15(12-7-9-13(18)10-8-12)23-17(22)20(11)16(21)19-14-5-3-2-4-6-14/h7-11,14-15H,2-6H2,1H3,(H,19,21)/t11-,15+/m0/s1/i2D2,3D2,4D2,5D2,6D2,14D. The lowest BCUT2D eigenvalue weighted by Crippen LogP contribution is -2.48. The van der Waals surface area contributed by atoms with Crippen molar-refractivity contribution in [2.75, 3.05) is 0 Å². The molecule has 0 spiro atoms. The van der Waals surface area contributed by atoms with Crippen molar-refractivity contribution in [3.05, 3.63) is 34.9 Å². The van der Waals surface area contributed by atoms with Crippen LogP contribution in [0.25, 0.3) is 0 Å². The van der Waals surface area contributed by atoms with Crippen LogP contribution in [0.3, 0.4) is 0 Å². The Morgan fingerprint density at radius 2 is 2.00 bits per heavy atom. The molecule has 2 atom stereocenters. The second-order valence-electron chi connectivity index (χ2n) is 4.90. The van der Waals surface area contributed by atoms with Gasteiger partial charge in [0.25, 0.3) is 5.24 Å². The molecule has 1 aliphatic heterocycles. The number of nitrogens with zero attached hydrogens (tertiary/aromatic N) is 1. The zero-order valence-electron chi connectivity index (χ0n) is 23.0. The van der Waals surface area contributed by atoms with E-state index in [1.165, 1.54) is 6.92 Å². The molecule has 3 amide bonds. The normalized spacial score (nSPS) is 45.0. The van der Waals surface area contributed by atoms with Crippen molar-refractivity contribution in [2.24, 2.45) is 0 Å². The third-order valence-corrected chi connectivity index (χ3v) is 4.99. The van der Waals surface area contributed by atoms with E-state index < -0.39 is 60.4 Å². The van der Waals surface area contributed by atoms with Gasteiger partial charge in [0, 0.05) is 24.7 Å². The molecule has 1 heterocycles. The molecule has 23 heavy (non-hydrogen) atoms. The van der Waals surface area contributed by atoms with Gasteiger partial charge in [-0.15, -0.1) is 0 Å². The Kier molecular flexibility index (Phi) is 2.42. The Balaban J connectivity index is 2.01. The van der Waals surface area contributed by atoms with E-state index in [1.807, 2.05) is 0 Å². The third-order valence-electron chi connectivity index (χ3n) is 3.42. The second kappa shape index (κ2) is 7.14. The van der Waals surface area contributed by atoms with E-state index in [0.29, 0.717) is 15.5 Å². The number of carbonyl (C=O) groups excluding carboxylic acids is 2. The molecule has 1 aromatic rings. The molecule has 1 saturated carbocycles. The number of thioether (sulfide) groups is 1. The number of hydrogen-bond donors (Lipinski definition) is 1. The van der Waals surface area contributed by atoms with Gasteiger partial charge in [-0.3, -0.25) is 9.69 Å². The van der Waals surface area contributed by atoms with Crippen LogP contribution in [0.15, 0.2) is 24.3 Å². The number of hydrogen-bond acceptors (Lipinski definition) is 3. The minimum atomic E-state index is -3.76. The highest BCUT2D eigenvalue weighted by Crippen LogP contribution is 2.43. The van der Waals surface area contributed by atoms with Crippen LogP contribution < -0.4 is 5.32 Å². The lowest BCUT2D eigenvalue weighted by Gasteiger charge is -2.27. The van der Waals surface area contributed by atoms with E-state index in [1.54, 1.807) is 29.6 Å². The molecule has 2 aliphatic rings. The molecule has 0 aromatic heterocycles. The summed E-state index contributed by atoms with van der Waals surface area (Å²) in [7, 11) is 0. The summed E-state index contributed by atoms with van der Waals surface area (Å²) in [5.41, 5.74) is 0.635. The molecule has 2 fully saturated rings. The molecule has 1 saturated heterocycles. The summed E-state index contributed by atoms with van der Waals surface area (Å²) < 4.78 is 88.6. The zero-order chi connectivity index (χ0) is 26.3. The van der Waals surface area contributed by atoms with Crippen LogP contribution in [-0.2, 0) is 0 Å². The van der Waals surface area contributed by atoms with Crippen LogP contribution >= 0.6 is 23.4 Å². The summed E-state index contributed by atoms with van der Waals surface area (Å²) in [6.45, 7) is 1.49. The lowest BCUT2D eigenvalue weighted by molar-refractivity contribution is 0.184. The van der Waals surface area contributed by atoms with Crippen molar-refractivity contribution in [1.29, 1.82) is 0 Å². The predicted octanol–water partition coefficient (Wildman–Crippen LogP) is 4.98. The molecule has 0 bridgehead atoms. The van der Waals surface area contributed by atoms with Crippen LogP contribution in [0, 0.1) is 0 Å². The fourth-order valence-corrected chi connectivity index (χ4v) is 3.63. The van der Waals surface area contributed by atoms with Gasteiger partial charge in [-0.2, -0.15) is 0 Å². The Bertz CT molecular complexity index is 991. The Morgan fingerprint density at radius 1 is 1.35 bits per heavy atom. The van der Waals surface area contributed by atoms with Gasteiger partial charge in [0.05, 0.1) is 12.7 Å². The maximum absolute atomic E-state index is 13.1. The van der Waals surface area contributed by atoms with Crippen LogP contribution in [-0.4, -0.2) is 28.2 Å². The Hall–Kier alpha value is -1.20. The molecule has 6 heteroatoms. The zero-order valence-corrected chi connectivity index (χ0v) is 13.6. The molecule has 4 nitrogen and oxygen atoms in total. The topological polar surface area (TPSA) is 49.4 Å². The van der Waals surface area contributed by atoms with E-state index in [4.69, 9.17) is 26.7 Å². The van der Waals surface area contributed by atoms with E-state index >= 15 is 0 Å². The number of nitrogens with one attached hydrogen (secondary N) is 1. The predicted molar refractivity (Wildman–Crippen MR) is 93.9 cm³/mol. The Morgan fingerprint density at radius 3 is 2.65 bits per heavy atom. The van der Waals surface area contributed by atoms with E-state index in [0.717, 1.165) is 11.8 Å². The van der Waals surface area contributed by atoms with Crippen molar-refractivity contribution in [3.8, 4) is 0 Å². The van der Waals surface area contributed by atoms with Gasteiger partial charge < -0.3 is 5.32 Å². The van der Waals surface area contributed by atoms with Crippen molar-refractivity contribution in [1.82, 2.24) is 10.2 Å². The molecular formula is C17H21ClN2O2S. The fraction of sp³-hybridized carbons (Fsp3) is 0.529. The Labute approximate surface area is 161 Å². The van der Waals surface area contributed by atoms with Crippen LogP contribution in [0.1, 0.15) is 64.7 Å². The number of carbonyl (C=O) groups is 2. The summed E-state index contributed by atoms with van der Waals surface area (Å²) in [6.07, 6.45) is -18.7. The van der Waals surface area contributed by atoms with E-state index in [-0.39, 0.29) is 0 Å². The molecule has 0 unspecified atom stereocenters. The third kappa shape index (κ3) is 3.66. The van der Waals surface area contributed by atoms with E-state index in [2.05, 4.69) is 0 Å². The summed E-state index contributed by atoms with van der Waals surface area (Å²) in [5.74, 6) is 0. The van der Waals surface area contributed by atoms with Crippen LogP contribution in [0.5, 0.6) is 0 Å². The van der Waals surface area contributed by atoms with Crippen molar-refractivity contribution >= 4 is 34.6 Å². The second-order valence-corrected chi connectivity index (χ2v) is 6.43. The van der Waals surface area contributed by atoms with Gasteiger partial charge in [0.1, 0.15) is 0 Å². The molecule has 1 N–H and O–H groups in total. The summed E-state index contributed by atoms with van der Waals surface area (Å²) in [6, 6.07) is 0.500. The van der Waals surface area contributed by atoms with Gasteiger partial charge in [-0.25, -0.2) is 4.79 Å². The highest BCUT2D eigenvalue weighted by atomic mass is 35.5. The summed E-state index contributed by atoms with van der Waals surface area (Å²) >= 11 is 6.63. The highest BCUT2D eigenvalue weighted by molar-refractivity contribution is 8.14. The first kappa shape index (κ1) is 7.79. The van der Waals surface area contributed by atoms with Gasteiger partial charge in [0.2, 0.25) is 0 Å². The number of benzene rings is 1. The molecule has 0 radical (unpaired) electrons. The first-order chi connectivity index (χ1) is 15.2. The maximum Gasteiger partial charge on any atom is 0.325 e. The average molecular weight is 364 g/mol. The van der Waals surface area contributed by atoms with Crippen molar-refractivity contribution < 1.29 is 24.7 Å². The van der Waals surface area contributed by atoms with Gasteiger partial charge in [-0.05, 0) is 37.4 Å². The summed E-state index contributed by atoms with van der Waals surface area (Å²) in [5, 5.41) is 0.778. The lowest BCUT2D eigenvalue weighted by atomic mass is 9.96. The number of urea groups is 1. The van der Waals surface area contributed by atoms with E-state index in [9.17, 15) is 9.59 Å². The van der Waals surface area contributed by atoms with Crippen LogP contribution in [0.2, 0.25) is 5.02 Å². The minimum Gasteiger partial charge on any atom is -0.335 e. The van der Waals surface area contributed by atoms with Gasteiger partial charge >= 0.3 is 6.03 Å². The molecule has 124 valence electrons. The minimum absolute atomic E-state index is 0.446. The van der Waals surface area contributed by atoms with Crippen molar-refractivity contribution in [2.45, 2.75) is 56.1 Å². The maximum atomic E-state index is 13.1. The largest absolute Gasteiger partial charge is 0.335 e. The van der Waals surface area contributed by atoms with Gasteiger partial charge in [0.15, 0.2) is 0 Å². The number of amides is 3. The molecule has 3 rings (SSSR count). The summed E-state index contributed by atoms with van der Waals surface area (Å²) in [4.78, 5) is 26.4. The monoisotopic (exact) mass is 363 g/mol. The number of imide groups is 1. The number of rotatable bonds is 2. The molecule has 1 aliphatic carbocycles. The van der Waals surface area contributed by atoms with Gasteiger partial charge in [-0.1, -0.05) is 54.6 Å². The smallest absolute Gasteiger partial charge is 0.325 e. The number of halogens is 1. The quantitative estimate of drug-likeness (QED) is 0.805. The SMILES string of the molecule is [2H]C1([2H])C([2H])([2H])C([2H])([2H])C([2H])(NC(=O)N2C(=O)S[C@@H](c3ccc(Cl)cc3)[C@@H]2C)C([2H])([2H])C1([2H])[2H]. The molecule has 1 aromatic carbocycles. The van der Waals surface area contributed by atoms with Crippen LogP contribution in [0.4, 0.5) is 9.59 Å². The first-order valence-corrected chi connectivity index (χ1v) is 8.02. The average Bonchev–Trinajstić information content (AvgIpc) is 3.00. The highest BCUT2D eigenvalue weighted by Gasteiger charge is 2.42. The first-order valence-electron chi connectivity index (χ1n) is 12.3.